The molecule has 1 fully saturated rings. The van der Waals surface area contributed by atoms with Crippen molar-refractivity contribution in [2.24, 2.45) is 0 Å². The average molecular weight is 381 g/mol. The van der Waals surface area contributed by atoms with Gasteiger partial charge in [0.05, 0.1) is 26.9 Å². The van der Waals surface area contributed by atoms with Crippen molar-refractivity contribution in [3.8, 4) is 17.2 Å². The van der Waals surface area contributed by atoms with Crippen molar-refractivity contribution in [3.05, 3.63) is 59.7 Å². The Hall–Kier alpha value is -2.95. The highest BCUT2D eigenvalue weighted by molar-refractivity contribution is 5.92. The standard InChI is InChI=1S/C23H27NO4/c1-4-28-19-11-7-17(8-12-19)21-6-5-15-24(21)23(25)14-10-18-9-13-20(26-2)16-22(18)27-3/h7-14,16,21H,4-6,15H2,1-3H3. The van der Waals surface area contributed by atoms with Gasteiger partial charge in [-0.1, -0.05) is 12.1 Å². The first-order valence-corrected chi connectivity index (χ1v) is 9.59. The Kier molecular flexibility index (Phi) is 6.58. The summed E-state index contributed by atoms with van der Waals surface area (Å²) < 4.78 is 16.1. The lowest BCUT2D eigenvalue weighted by Gasteiger charge is -2.24. The van der Waals surface area contributed by atoms with Crippen LogP contribution in [0.15, 0.2) is 48.5 Å². The molecule has 5 nitrogen and oxygen atoms in total. The molecule has 1 atom stereocenters. The number of benzene rings is 2. The summed E-state index contributed by atoms with van der Waals surface area (Å²) in [6.07, 6.45) is 5.40. The second-order valence-electron chi connectivity index (χ2n) is 6.63. The quantitative estimate of drug-likeness (QED) is 0.664. The van der Waals surface area contributed by atoms with Crippen LogP contribution in [0.4, 0.5) is 0 Å². The maximum atomic E-state index is 12.8. The molecule has 1 amide bonds. The fourth-order valence-corrected chi connectivity index (χ4v) is 3.54. The van der Waals surface area contributed by atoms with Gasteiger partial charge in [-0.25, -0.2) is 0 Å². The normalized spacial score (nSPS) is 16.4. The number of nitrogens with zero attached hydrogens (tertiary/aromatic N) is 1. The van der Waals surface area contributed by atoms with Crippen LogP contribution in [0.5, 0.6) is 17.2 Å². The number of methoxy groups -OCH3 is 2. The Bertz CT molecular complexity index is 829. The van der Waals surface area contributed by atoms with Gasteiger partial charge in [-0.2, -0.15) is 0 Å². The summed E-state index contributed by atoms with van der Waals surface area (Å²) in [6.45, 7) is 3.38. The first-order valence-electron chi connectivity index (χ1n) is 9.59. The van der Waals surface area contributed by atoms with Crippen LogP contribution >= 0.6 is 0 Å². The number of hydrogen-bond donors (Lipinski definition) is 0. The average Bonchev–Trinajstić information content (AvgIpc) is 3.22. The van der Waals surface area contributed by atoms with Crippen molar-refractivity contribution in [1.29, 1.82) is 0 Å². The third-order valence-electron chi connectivity index (χ3n) is 4.96. The molecule has 2 aromatic rings. The fourth-order valence-electron chi connectivity index (χ4n) is 3.54. The third-order valence-corrected chi connectivity index (χ3v) is 4.96. The van der Waals surface area contributed by atoms with Gasteiger partial charge in [-0.15, -0.1) is 0 Å². The summed E-state index contributed by atoms with van der Waals surface area (Å²) in [6, 6.07) is 13.7. The summed E-state index contributed by atoms with van der Waals surface area (Å²) in [7, 11) is 3.22. The van der Waals surface area contributed by atoms with Crippen LogP contribution in [-0.2, 0) is 4.79 Å². The molecule has 0 aliphatic carbocycles. The van der Waals surface area contributed by atoms with E-state index in [0.29, 0.717) is 12.4 Å². The van der Waals surface area contributed by atoms with E-state index in [9.17, 15) is 4.79 Å². The Labute approximate surface area is 166 Å². The molecule has 0 bridgehead atoms. The molecule has 1 aliphatic heterocycles. The largest absolute Gasteiger partial charge is 0.497 e. The Morgan fingerprint density at radius 1 is 1.11 bits per heavy atom. The lowest BCUT2D eigenvalue weighted by atomic mass is 10.0. The molecule has 1 saturated heterocycles. The molecule has 0 spiro atoms. The zero-order chi connectivity index (χ0) is 19.9. The number of rotatable bonds is 7. The third kappa shape index (κ3) is 4.47. The molecule has 1 heterocycles. The summed E-state index contributed by atoms with van der Waals surface area (Å²) >= 11 is 0. The molecule has 0 saturated carbocycles. The van der Waals surface area contributed by atoms with E-state index in [2.05, 4.69) is 12.1 Å². The molecule has 1 aliphatic rings. The van der Waals surface area contributed by atoms with Gasteiger partial charge in [0.2, 0.25) is 5.91 Å². The lowest BCUT2D eigenvalue weighted by molar-refractivity contribution is -0.126. The van der Waals surface area contributed by atoms with Crippen molar-refractivity contribution in [2.75, 3.05) is 27.4 Å². The Balaban J connectivity index is 1.73. The Morgan fingerprint density at radius 2 is 1.86 bits per heavy atom. The summed E-state index contributed by atoms with van der Waals surface area (Å²) in [5.74, 6) is 2.26. The van der Waals surface area contributed by atoms with Crippen molar-refractivity contribution in [1.82, 2.24) is 4.90 Å². The minimum atomic E-state index is 0.00857. The Morgan fingerprint density at radius 3 is 2.54 bits per heavy atom. The van der Waals surface area contributed by atoms with Crippen molar-refractivity contribution < 1.29 is 19.0 Å². The van der Waals surface area contributed by atoms with Crippen molar-refractivity contribution in [2.45, 2.75) is 25.8 Å². The van der Waals surface area contributed by atoms with Gasteiger partial charge in [0, 0.05) is 24.3 Å². The highest BCUT2D eigenvalue weighted by Gasteiger charge is 2.28. The first-order chi connectivity index (χ1) is 13.7. The number of hydrogen-bond acceptors (Lipinski definition) is 4. The maximum Gasteiger partial charge on any atom is 0.247 e. The van der Waals surface area contributed by atoms with E-state index in [-0.39, 0.29) is 11.9 Å². The van der Waals surface area contributed by atoms with E-state index < -0.39 is 0 Å². The van der Waals surface area contributed by atoms with Crippen LogP contribution in [0.3, 0.4) is 0 Å². The van der Waals surface area contributed by atoms with E-state index in [1.54, 1.807) is 26.4 Å². The van der Waals surface area contributed by atoms with Crippen molar-refractivity contribution >= 4 is 12.0 Å². The van der Waals surface area contributed by atoms with Gasteiger partial charge >= 0.3 is 0 Å². The predicted octanol–water partition coefficient (Wildman–Crippen LogP) is 4.48. The molecule has 0 N–H and O–H groups in total. The molecule has 28 heavy (non-hydrogen) atoms. The van der Waals surface area contributed by atoms with Gasteiger partial charge in [0.25, 0.3) is 0 Å². The molecule has 3 rings (SSSR count). The smallest absolute Gasteiger partial charge is 0.247 e. The first kappa shape index (κ1) is 19.8. The lowest BCUT2D eigenvalue weighted by Crippen LogP contribution is -2.28. The summed E-state index contributed by atoms with van der Waals surface area (Å²) in [5, 5.41) is 0. The molecule has 2 aromatic carbocycles. The minimum Gasteiger partial charge on any atom is -0.497 e. The molecule has 0 radical (unpaired) electrons. The van der Waals surface area contributed by atoms with Gasteiger partial charge in [-0.05, 0) is 55.7 Å². The predicted molar refractivity (Wildman–Crippen MR) is 110 cm³/mol. The van der Waals surface area contributed by atoms with Crippen LogP contribution < -0.4 is 14.2 Å². The van der Waals surface area contributed by atoms with E-state index in [4.69, 9.17) is 14.2 Å². The van der Waals surface area contributed by atoms with Crippen LogP contribution in [0.25, 0.3) is 6.08 Å². The van der Waals surface area contributed by atoms with Gasteiger partial charge in [0.15, 0.2) is 0 Å². The van der Waals surface area contributed by atoms with E-state index >= 15 is 0 Å². The highest BCUT2D eigenvalue weighted by Crippen LogP contribution is 2.33. The van der Waals surface area contributed by atoms with E-state index in [1.807, 2.05) is 42.2 Å². The molecular weight excluding hydrogens is 354 g/mol. The van der Waals surface area contributed by atoms with Gasteiger partial charge < -0.3 is 19.1 Å². The molecular formula is C23H27NO4. The second-order valence-corrected chi connectivity index (χ2v) is 6.63. The number of carbonyl (C=O) groups is 1. The molecule has 1 unspecified atom stereocenters. The highest BCUT2D eigenvalue weighted by atomic mass is 16.5. The number of carbonyl (C=O) groups excluding carboxylic acids is 1. The second kappa shape index (κ2) is 9.31. The van der Waals surface area contributed by atoms with Crippen LogP contribution in [-0.4, -0.2) is 38.2 Å². The van der Waals surface area contributed by atoms with E-state index in [0.717, 1.165) is 42.0 Å². The number of ether oxygens (including phenoxy) is 3. The minimum absolute atomic E-state index is 0.00857. The summed E-state index contributed by atoms with van der Waals surface area (Å²) in [5.41, 5.74) is 1.98. The van der Waals surface area contributed by atoms with Crippen molar-refractivity contribution in [3.63, 3.8) is 0 Å². The van der Waals surface area contributed by atoms with Gasteiger partial charge in [0.1, 0.15) is 17.2 Å². The zero-order valence-corrected chi connectivity index (χ0v) is 16.7. The SMILES string of the molecule is CCOc1ccc(C2CCCN2C(=O)C=Cc2ccc(OC)cc2OC)cc1. The summed E-state index contributed by atoms with van der Waals surface area (Å²) in [4.78, 5) is 14.8. The number of likely N-dealkylation sites (tertiary alicyclic amines) is 1. The van der Waals surface area contributed by atoms with Gasteiger partial charge in [-0.3, -0.25) is 4.79 Å². The van der Waals surface area contributed by atoms with Crippen LogP contribution in [0, 0.1) is 0 Å². The fraction of sp³-hybridized carbons (Fsp3) is 0.348. The molecule has 0 aromatic heterocycles. The monoisotopic (exact) mass is 381 g/mol. The molecule has 148 valence electrons. The maximum absolute atomic E-state index is 12.8. The number of amides is 1. The topological polar surface area (TPSA) is 48.0 Å². The van der Waals surface area contributed by atoms with Crippen LogP contribution in [0.2, 0.25) is 0 Å². The van der Waals surface area contributed by atoms with E-state index in [1.165, 1.54) is 0 Å². The van der Waals surface area contributed by atoms with Crippen LogP contribution in [0.1, 0.15) is 36.9 Å². The molecule has 5 heteroatoms. The zero-order valence-electron chi connectivity index (χ0n) is 16.7.